The van der Waals surface area contributed by atoms with E-state index in [4.69, 9.17) is 5.73 Å². The highest BCUT2D eigenvalue weighted by Crippen LogP contribution is 2.59. The number of nitrogens with one attached hydrogen (secondary N) is 2. The number of nitriles is 1. The highest BCUT2D eigenvalue weighted by atomic mass is 32.1. The van der Waals surface area contributed by atoms with E-state index >= 15 is 0 Å². The van der Waals surface area contributed by atoms with E-state index in [-0.39, 0.29) is 0 Å². The molecule has 0 radical (unpaired) electrons. The summed E-state index contributed by atoms with van der Waals surface area (Å²) in [6.07, 6.45) is 7.93. The summed E-state index contributed by atoms with van der Waals surface area (Å²) < 4.78 is 1.28. The van der Waals surface area contributed by atoms with E-state index in [1.54, 1.807) is 17.5 Å². The van der Waals surface area contributed by atoms with E-state index in [0.717, 1.165) is 12.5 Å². The second kappa shape index (κ2) is 7.72. The number of hydrogen-bond acceptors (Lipinski definition) is 7. The minimum atomic E-state index is 0.299. The number of nitrogens with two attached hydrogens (primary N) is 1. The predicted octanol–water partition coefficient (Wildman–Crippen LogP) is 4.74. The van der Waals surface area contributed by atoms with Gasteiger partial charge in [-0.1, -0.05) is 18.2 Å². The Morgan fingerprint density at radius 2 is 1.97 bits per heavy atom. The Kier molecular flexibility index (Phi) is 4.81. The topological polar surface area (TPSA) is 99.6 Å². The molecule has 5 atom stereocenters. The molecule has 4 bridgehead atoms. The highest BCUT2D eigenvalue weighted by molar-refractivity contribution is 7.17. The molecule has 7 heteroatoms. The number of anilines is 2. The lowest BCUT2D eigenvalue weighted by molar-refractivity contribution is -0.0591. The van der Waals surface area contributed by atoms with E-state index in [2.05, 4.69) is 56.3 Å². The van der Waals surface area contributed by atoms with Crippen LogP contribution >= 0.6 is 11.3 Å². The van der Waals surface area contributed by atoms with Crippen LogP contribution in [0.3, 0.4) is 0 Å². The van der Waals surface area contributed by atoms with Crippen LogP contribution in [0.5, 0.6) is 0 Å². The van der Waals surface area contributed by atoms with Gasteiger partial charge in [-0.15, -0.1) is 11.3 Å². The van der Waals surface area contributed by atoms with Crippen LogP contribution < -0.4 is 16.4 Å². The number of fused-ring (bicyclic) bond motifs is 1. The smallest absolute Gasteiger partial charge is 0.224 e. The molecule has 0 saturated heterocycles. The normalized spacial score (nSPS) is 30.4. The quantitative estimate of drug-likeness (QED) is 0.508. The van der Waals surface area contributed by atoms with Crippen molar-refractivity contribution in [3.8, 4) is 6.07 Å². The third kappa shape index (κ3) is 3.42. The van der Waals surface area contributed by atoms with Crippen LogP contribution in [0.25, 0.3) is 10.1 Å². The fourth-order valence-corrected chi connectivity index (χ4v) is 7.71. The fourth-order valence-electron chi connectivity index (χ4n) is 6.75. The van der Waals surface area contributed by atoms with Gasteiger partial charge >= 0.3 is 0 Å². The average molecular weight is 445 g/mol. The molecule has 7 rings (SSSR count). The van der Waals surface area contributed by atoms with Crippen LogP contribution in [0, 0.1) is 34.5 Å². The first-order valence-electron chi connectivity index (χ1n) is 11.6. The van der Waals surface area contributed by atoms with Crippen LogP contribution in [-0.4, -0.2) is 22.6 Å². The van der Waals surface area contributed by atoms with Gasteiger partial charge < -0.3 is 16.4 Å². The molecule has 6 nitrogen and oxygen atoms in total. The SMILES string of the molecule is N#Cc1cnc(NCc2csc3ccccc23)nc1NC[C@]12CC3C[C@H](C1)[C@@H](N)[C@@H](C3)C2. The molecule has 32 heavy (non-hydrogen) atoms. The molecular formula is C25H28N6S. The predicted molar refractivity (Wildman–Crippen MR) is 128 cm³/mol. The number of benzene rings is 1. The standard InChI is InChI=1S/C25H28N6S/c26-10-18-11-28-24(29-12-19-13-32-21-4-2-1-3-20(19)21)31-23(18)30-14-25-7-15-5-16(8-25)22(27)17(6-15)9-25/h1-4,11,13,15-17,22H,5-9,12,14,27H2,(H2,28,29,30,31)/t15?,16-,17+,22-,25-. The molecule has 2 heterocycles. The second-order valence-corrected chi connectivity index (χ2v) is 11.0. The van der Waals surface area contributed by atoms with E-state index in [1.807, 2.05) is 0 Å². The third-order valence-corrected chi connectivity index (χ3v) is 9.02. The van der Waals surface area contributed by atoms with Gasteiger partial charge in [-0.3, -0.25) is 0 Å². The van der Waals surface area contributed by atoms with Crippen molar-refractivity contribution in [1.29, 1.82) is 5.26 Å². The van der Waals surface area contributed by atoms with E-state index in [9.17, 15) is 5.26 Å². The number of thiophene rings is 1. The molecule has 3 aromatic rings. The summed E-state index contributed by atoms with van der Waals surface area (Å²) in [5, 5.41) is 19.9. The first-order valence-corrected chi connectivity index (χ1v) is 12.5. The largest absolute Gasteiger partial charge is 0.368 e. The summed E-state index contributed by atoms with van der Waals surface area (Å²) in [5.41, 5.74) is 8.55. The van der Waals surface area contributed by atoms with Crippen molar-refractivity contribution in [2.45, 2.75) is 44.7 Å². The van der Waals surface area contributed by atoms with Gasteiger partial charge in [0, 0.05) is 23.8 Å². The molecule has 1 unspecified atom stereocenters. The summed E-state index contributed by atoms with van der Waals surface area (Å²) >= 11 is 1.75. The zero-order valence-electron chi connectivity index (χ0n) is 18.1. The molecule has 2 aromatic heterocycles. The zero-order chi connectivity index (χ0) is 21.7. The Bertz CT molecular complexity index is 1180. The van der Waals surface area contributed by atoms with Gasteiger partial charge in [0.1, 0.15) is 17.5 Å². The lowest BCUT2D eigenvalue weighted by Crippen LogP contribution is -2.58. The number of nitrogens with zero attached hydrogens (tertiary/aromatic N) is 3. The van der Waals surface area contributed by atoms with E-state index in [1.165, 1.54) is 47.8 Å². The van der Waals surface area contributed by atoms with Crippen molar-refractivity contribution in [2.24, 2.45) is 28.9 Å². The maximum Gasteiger partial charge on any atom is 0.224 e. The minimum absolute atomic E-state index is 0.299. The Hall–Kier alpha value is -2.69. The molecule has 4 aliphatic carbocycles. The first-order chi connectivity index (χ1) is 15.6. The lowest BCUT2D eigenvalue weighted by atomic mass is 9.48. The second-order valence-electron chi connectivity index (χ2n) is 10.1. The van der Waals surface area contributed by atoms with Crippen molar-refractivity contribution in [2.75, 3.05) is 17.2 Å². The molecule has 0 aliphatic heterocycles. The van der Waals surface area contributed by atoms with Gasteiger partial charge in [0.2, 0.25) is 5.95 Å². The van der Waals surface area contributed by atoms with Gasteiger partial charge in [-0.25, -0.2) is 4.98 Å². The summed E-state index contributed by atoms with van der Waals surface area (Å²) in [6, 6.07) is 11.1. The van der Waals surface area contributed by atoms with E-state index < -0.39 is 0 Å². The summed E-state index contributed by atoms with van der Waals surface area (Å²) in [4.78, 5) is 9.05. The maximum absolute atomic E-state index is 9.60. The van der Waals surface area contributed by atoms with Crippen LogP contribution in [0.2, 0.25) is 0 Å². The van der Waals surface area contributed by atoms with Gasteiger partial charge in [0.25, 0.3) is 0 Å². The van der Waals surface area contributed by atoms with Crippen LogP contribution in [0.15, 0.2) is 35.8 Å². The summed E-state index contributed by atoms with van der Waals surface area (Å²) in [7, 11) is 0. The van der Waals surface area contributed by atoms with Crippen LogP contribution in [0.1, 0.15) is 43.2 Å². The lowest BCUT2D eigenvalue weighted by Gasteiger charge is -2.59. The number of hydrogen-bond donors (Lipinski definition) is 3. The molecule has 4 N–H and O–H groups in total. The molecule has 1 aromatic carbocycles. The highest BCUT2D eigenvalue weighted by Gasteiger charge is 2.54. The van der Waals surface area contributed by atoms with Crippen LogP contribution in [-0.2, 0) is 6.54 Å². The van der Waals surface area contributed by atoms with Crippen molar-refractivity contribution in [1.82, 2.24) is 9.97 Å². The van der Waals surface area contributed by atoms with Gasteiger partial charge in [-0.05, 0) is 77.7 Å². The summed E-state index contributed by atoms with van der Waals surface area (Å²) in [6.45, 7) is 1.52. The minimum Gasteiger partial charge on any atom is -0.368 e. The molecule has 4 aliphatic rings. The maximum atomic E-state index is 9.60. The Morgan fingerprint density at radius 1 is 1.16 bits per heavy atom. The van der Waals surface area contributed by atoms with Crippen LogP contribution in [0.4, 0.5) is 11.8 Å². The first kappa shape index (κ1) is 20.0. The Morgan fingerprint density at radius 3 is 2.78 bits per heavy atom. The molecule has 4 saturated carbocycles. The third-order valence-electron chi connectivity index (χ3n) is 8.01. The monoisotopic (exact) mass is 444 g/mol. The molecule has 0 spiro atoms. The number of rotatable bonds is 6. The molecule has 4 fully saturated rings. The summed E-state index contributed by atoms with van der Waals surface area (Å²) in [5.74, 6) is 3.35. The Labute approximate surface area is 192 Å². The molecule has 0 amide bonds. The van der Waals surface area contributed by atoms with Gasteiger partial charge in [0.15, 0.2) is 0 Å². The van der Waals surface area contributed by atoms with Crippen molar-refractivity contribution >= 4 is 33.2 Å². The fraction of sp³-hybridized carbons (Fsp3) is 0.480. The van der Waals surface area contributed by atoms with Gasteiger partial charge in [0.05, 0.1) is 6.20 Å². The van der Waals surface area contributed by atoms with E-state index in [0.29, 0.717) is 47.2 Å². The molecule has 164 valence electrons. The Balaban J connectivity index is 1.17. The van der Waals surface area contributed by atoms with Crippen molar-refractivity contribution in [3.63, 3.8) is 0 Å². The number of aromatic nitrogens is 2. The zero-order valence-corrected chi connectivity index (χ0v) is 18.9. The molecular weight excluding hydrogens is 416 g/mol. The van der Waals surface area contributed by atoms with Gasteiger partial charge in [-0.2, -0.15) is 10.2 Å². The van der Waals surface area contributed by atoms with Crippen molar-refractivity contribution < 1.29 is 0 Å². The van der Waals surface area contributed by atoms with Crippen molar-refractivity contribution in [3.05, 3.63) is 47.0 Å². The average Bonchev–Trinajstić information content (AvgIpc) is 3.22.